The zero-order chi connectivity index (χ0) is 19.5. The van der Waals surface area contributed by atoms with Crippen molar-refractivity contribution < 1.29 is 17.9 Å². The Bertz CT molecular complexity index is 883. The van der Waals surface area contributed by atoms with Crippen molar-refractivity contribution >= 4 is 49.2 Å². The monoisotopic (exact) mass is 481 g/mol. The Hall–Kier alpha value is -0.990. The summed E-state index contributed by atoms with van der Waals surface area (Å²) in [5, 5.41) is 0.130. The van der Waals surface area contributed by atoms with Crippen molar-refractivity contribution in [3.8, 4) is 11.5 Å². The van der Waals surface area contributed by atoms with E-state index in [1.165, 1.54) is 30.7 Å². The molecule has 0 saturated carbocycles. The van der Waals surface area contributed by atoms with E-state index in [9.17, 15) is 8.42 Å². The van der Waals surface area contributed by atoms with Gasteiger partial charge in [-0.05, 0) is 29.8 Å². The van der Waals surface area contributed by atoms with E-state index in [0.717, 1.165) is 5.56 Å². The van der Waals surface area contributed by atoms with Gasteiger partial charge in [-0.2, -0.15) is 4.31 Å². The zero-order valence-electron chi connectivity index (χ0n) is 14.4. The van der Waals surface area contributed by atoms with Crippen molar-refractivity contribution in [3.63, 3.8) is 0 Å². The first-order chi connectivity index (χ1) is 12.2. The first-order valence-corrected chi connectivity index (χ1v) is 10.6. The second-order valence-corrected chi connectivity index (χ2v) is 8.92. The molecule has 0 aliphatic heterocycles. The number of hydrogen-bond donors (Lipinski definition) is 0. The van der Waals surface area contributed by atoms with Crippen LogP contribution in [0.5, 0.6) is 11.5 Å². The van der Waals surface area contributed by atoms with Gasteiger partial charge in [-0.3, -0.25) is 0 Å². The van der Waals surface area contributed by atoms with Gasteiger partial charge in [0.2, 0.25) is 10.0 Å². The van der Waals surface area contributed by atoms with Crippen molar-refractivity contribution in [2.45, 2.75) is 18.4 Å². The summed E-state index contributed by atoms with van der Waals surface area (Å²) in [7, 11) is -0.821. The van der Waals surface area contributed by atoms with Gasteiger partial charge in [0, 0.05) is 17.6 Å². The fourth-order valence-corrected chi connectivity index (χ4v) is 5.78. The largest absolute Gasteiger partial charge is 0.493 e. The van der Waals surface area contributed by atoms with Gasteiger partial charge in [0.15, 0.2) is 11.5 Å². The maximum absolute atomic E-state index is 13.1. The summed E-state index contributed by atoms with van der Waals surface area (Å²) in [6.07, 6.45) is 0. The number of hydrogen-bond acceptors (Lipinski definition) is 4. The maximum atomic E-state index is 13.1. The predicted octanol–water partition coefficient (Wildman–Crippen LogP) is 4.98. The maximum Gasteiger partial charge on any atom is 0.246 e. The third-order valence-corrected chi connectivity index (χ3v) is 7.02. The molecular weight excluding hydrogens is 465 g/mol. The summed E-state index contributed by atoms with van der Waals surface area (Å²) in [5.74, 6) is 1.10. The zero-order valence-corrected chi connectivity index (χ0v) is 18.3. The highest BCUT2D eigenvalue weighted by Crippen LogP contribution is 2.35. The summed E-state index contributed by atoms with van der Waals surface area (Å²) in [6, 6.07) is 8.26. The van der Waals surface area contributed by atoms with Crippen LogP contribution in [0.3, 0.4) is 0 Å². The van der Waals surface area contributed by atoms with Gasteiger partial charge in [-0.25, -0.2) is 8.42 Å². The Kier molecular flexibility index (Phi) is 7.21. The molecule has 0 N–H and O–H groups in total. The van der Waals surface area contributed by atoms with Gasteiger partial charge in [-0.1, -0.05) is 52.1 Å². The molecule has 0 saturated heterocycles. The molecule has 0 fully saturated rings. The van der Waals surface area contributed by atoms with Crippen LogP contribution >= 0.6 is 39.1 Å². The fraction of sp³-hybridized carbons (Fsp3) is 0.294. The molecule has 2 rings (SSSR count). The fourth-order valence-electron chi connectivity index (χ4n) is 2.45. The Labute approximate surface area is 172 Å². The Morgan fingerprint density at radius 2 is 1.62 bits per heavy atom. The van der Waals surface area contributed by atoms with Gasteiger partial charge >= 0.3 is 0 Å². The number of halogens is 3. The van der Waals surface area contributed by atoms with E-state index >= 15 is 0 Å². The molecule has 2 aromatic carbocycles. The lowest BCUT2D eigenvalue weighted by Crippen LogP contribution is -2.31. The van der Waals surface area contributed by atoms with Crippen LogP contribution in [0.4, 0.5) is 0 Å². The van der Waals surface area contributed by atoms with Crippen LogP contribution in [0.2, 0.25) is 10.0 Å². The molecule has 26 heavy (non-hydrogen) atoms. The lowest BCUT2D eigenvalue weighted by Gasteiger charge is -2.22. The van der Waals surface area contributed by atoms with E-state index < -0.39 is 10.0 Å². The van der Waals surface area contributed by atoms with Crippen LogP contribution in [0.25, 0.3) is 0 Å². The van der Waals surface area contributed by atoms with E-state index in [-0.39, 0.29) is 28.0 Å². The molecule has 0 unspecified atom stereocenters. The minimum atomic E-state index is -3.89. The Balaban J connectivity index is 2.42. The predicted molar refractivity (Wildman–Crippen MR) is 107 cm³/mol. The van der Waals surface area contributed by atoms with E-state index in [1.54, 1.807) is 25.1 Å². The third-order valence-electron chi connectivity index (χ3n) is 3.72. The van der Waals surface area contributed by atoms with Crippen molar-refractivity contribution in [1.82, 2.24) is 4.31 Å². The molecule has 2 aromatic rings. The van der Waals surface area contributed by atoms with Crippen LogP contribution in [0, 0.1) is 0 Å². The summed E-state index contributed by atoms with van der Waals surface area (Å²) in [5.41, 5.74) is 0.748. The molecule has 0 heterocycles. The molecule has 0 aliphatic carbocycles. The summed E-state index contributed by atoms with van der Waals surface area (Å²) in [4.78, 5) is -0.105. The number of sulfonamides is 1. The summed E-state index contributed by atoms with van der Waals surface area (Å²) >= 11 is 15.6. The SMILES string of the molecule is CCN(Cc1ccc(OC)c(OC)c1)S(=O)(=O)c1c(Cl)cc(Br)cc1Cl. The van der Waals surface area contributed by atoms with Gasteiger partial charge in [0.05, 0.1) is 24.3 Å². The van der Waals surface area contributed by atoms with Gasteiger partial charge < -0.3 is 9.47 Å². The number of nitrogens with zero attached hydrogens (tertiary/aromatic N) is 1. The Morgan fingerprint density at radius 3 is 2.12 bits per heavy atom. The van der Waals surface area contributed by atoms with Crippen molar-refractivity contribution in [2.24, 2.45) is 0 Å². The first kappa shape index (κ1) is 21.3. The molecule has 0 atom stereocenters. The lowest BCUT2D eigenvalue weighted by atomic mass is 10.2. The lowest BCUT2D eigenvalue weighted by molar-refractivity contribution is 0.353. The summed E-state index contributed by atoms with van der Waals surface area (Å²) in [6.45, 7) is 2.14. The third kappa shape index (κ3) is 4.46. The number of ether oxygens (including phenoxy) is 2. The van der Waals surface area contributed by atoms with Gasteiger partial charge in [-0.15, -0.1) is 0 Å². The molecule has 9 heteroatoms. The molecule has 0 aliphatic rings. The van der Waals surface area contributed by atoms with Crippen LogP contribution in [-0.4, -0.2) is 33.5 Å². The average Bonchev–Trinajstić information content (AvgIpc) is 2.57. The summed E-state index contributed by atoms with van der Waals surface area (Å²) < 4.78 is 38.6. The van der Waals surface area contributed by atoms with Crippen molar-refractivity contribution in [3.05, 3.63) is 50.4 Å². The van der Waals surface area contributed by atoms with Gasteiger partial charge in [0.1, 0.15) is 4.90 Å². The minimum Gasteiger partial charge on any atom is -0.493 e. The highest BCUT2D eigenvalue weighted by Gasteiger charge is 2.29. The molecule has 142 valence electrons. The molecule has 0 aromatic heterocycles. The normalized spacial score (nSPS) is 11.7. The number of benzene rings is 2. The number of rotatable bonds is 7. The van der Waals surface area contributed by atoms with E-state index in [0.29, 0.717) is 16.0 Å². The van der Waals surface area contributed by atoms with E-state index in [2.05, 4.69) is 15.9 Å². The van der Waals surface area contributed by atoms with Crippen LogP contribution < -0.4 is 9.47 Å². The van der Waals surface area contributed by atoms with Crippen molar-refractivity contribution in [1.29, 1.82) is 0 Å². The van der Waals surface area contributed by atoms with Gasteiger partial charge in [0.25, 0.3) is 0 Å². The second kappa shape index (κ2) is 8.80. The van der Waals surface area contributed by atoms with Crippen LogP contribution in [-0.2, 0) is 16.6 Å². The second-order valence-electron chi connectivity index (χ2n) is 5.32. The Morgan fingerprint density at radius 1 is 1.04 bits per heavy atom. The molecule has 0 spiro atoms. The van der Waals surface area contributed by atoms with Crippen LogP contribution in [0.15, 0.2) is 39.7 Å². The van der Waals surface area contributed by atoms with Crippen LogP contribution in [0.1, 0.15) is 12.5 Å². The molecular formula is C17H18BrCl2NO4S. The quantitative estimate of drug-likeness (QED) is 0.558. The number of methoxy groups -OCH3 is 2. The van der Waals surface area contributed by atoms with Crippen molar-refractivity contribution in [2.75, 3.05) is 20.8 Å². The molecule has 0 bridgehead atoms. The molecule has 0 amide bonds. The smallest absolute Gasteiger partial charge is 0.246 e. The standard InChI is InChI=1S/C17H18BrCl2NO4S/c1-4-21(10-11-5-6-15(24-2)16(7-11)25-3)26(22,23)17-13(19)8-12(18)9-14(17)20/h5-9H,4,10H2,1-3H3. The first-order valence-electron chi connectivity index (χ1n) is 7.60. The highest BCUT2D eigenvalue weighted by molar-refractivity contribution is 9.10. The minimum absolute atomic E-state index is 0.0649. The molecule has 5 nitrogen and oxygen atoms in total. The highest BCUT2D eigenvalue weighted by atomic mass is 79.9. The average molecular weight is 483 g/mol. The van der Waals surface area contributed by atoms with E-state index in [1.807, 2.05) is 0 Å². The molecule has 0 radical (unpaired) electrons. The topological polar surface area (TPSA) is 55.8 Å². The van der Waals surface area contributed by atoms with E-state index in [4.69, 9.17) is 32.7 Å².